The number of carboxylic acids is 1. The minimum atomic E-state index is -0.948. The van der Waals surface area contributed by atoms with Crippen LogP contribution in [0.15, 0.2) is 48.7 Å². The number of aromatic carboxylic acids is 1. The molecule has 1 heterocycles. The van der Waals surface area contributed by atoms with Gasteiger partial charge in [-0.2, -0.15) is 0 Å². The first-order valence-corrected chi connectivity index (χ1v) is 7.42. The summed E-state index contributed by atoms with van der Waals surface area (Å²) in [5.74, 6) is -0.948. The van der Waals surface area contributed by atoms with E-state index in [0.29, 0.717) is 6.54 Å². The molecule has 0 saturated heterocycles. The fourth-order valence-electron chi connectivity index (χ4n) is 2.53. The predicted octanol–water partition coefficient (Wildman–Crippen LogP) is 3.64. The summed E-state index contributed by atoms with van der Waals surface area (Å²) in [6.07, 6.45) is 1.66. The van der Waals surface area contributed by atoms with Crippen LogP contribution in [0.4, 0.5) is 0 Å². The van der Waals surface area contributed by atoms with Crippen LogP contribution >= 0.6 is 0 Å². The number of nitrogens with zero attached hydrogens (tertiary/aromatic N) is 3. The van der Waals surface area contributed by atoms with E-state index < -0.39 is 5.97 Å². The third-order valence-corrected chi connectivity index (χ3v) is 3.78. The lowest BCUT2D eigenvalue weighted by Crippen LogP contribution is -2.02. The molecule has 0 radical (unpaired) electrons. The van der Waals surface area contributed by atoms with Crippen LogP contribution in [0, 0.1) is 6.92 Å². The molecule has 0 unspecified atom stereocenters. The Balaban J connectivity index is 2.17. The molecule has 2 aromatic carbocycles. The first-order valence-electron chi connectivity index (χ1n) is 7.42. The maximum Gasteiger partial charge on any atom is 0.335 e. The van der Waals surface area contributed by atoms with E-state index in [0.717, 1.165) is 27.9 Å². The molecule has 3 aromatic rings. The molecule has 0 aliphatic heterocycles. The van der Waals surface area contributed by atoms with Crippen LogP contribution in [0.25, 0.3) is 22.4 Å². The molecular weight excluding hydrogens is 290 g/mol. The summed E-state index contributed by atoms with van der Waals surface area (Å²) in [4.78, 5) is 11.5. The van der Waals surface area contributed by atoms with E-state index >= 15 is 0 Å². The van der Waals surface area contributed by atoms with Gasteiger partial charge in [-0.15, -0.1) is 5.10 Å². The highest BCUT2D eigenvalue weighted by Crippen LogP contribution is 2.28. The van der Waals surface area contributed by atoms with E-state index in [4.69, 9.17) is 0 Å². The molecule has 0 atom stereocenters. The maximum atomic E-state index is 11.5. The molecule has 116 valence electrons. The quantitative estimate of drug-likeness (QED) is 0.799. The fraction of sp³-hybridized carbons (Fsp3) is 0.167. The summed E-state index contributed by atoms with van der Waals surface area (Å²) in [5, 5.41) is 17.4. The van der Waals surface area contributed by atoms with Gasteiger partial charge in [0.05, 0.1) is 17.5 Å². The van der Waals surface area contributed by atoms with Crippen LogP contribution in [0.5, 0.6) is 0 Å². The number of rotatable bonds is 4. The van der Waals surface area contributed by atoms with Crippen molar-refractivity contribution in [3.8, 4) is 22.4 Å². The van der Waals surface area contributed by atoms with Crippen molar-refractivity contribution in [1.82, 2.24) is 15.0 Å². The largest absolute Gasteiger partial charge is 0.478 e. The van der Waals surface area contributed by atoms with Gasteiger partial charge in [0.1, 0.15) is 0 Å². The first kappa shape index (κ1) is 15.0. The first-order chi connectivity index (χ1) is 11.1. The highest BCUT2D eigenvalue weighted by Gasteiger charge is 2.12. The van der Waals surface area contributed by atoms with Crippen molar-refractivity contribution in [2.75, 3.05) is 0 Å². The van der Waals surface area contributed by atoms with Crippen molar-refractivity contribution in [1.29, 1.82) is 0 Å². The summed E-state index contributed by atoms with van der Waals surface area (Å²) >= 11 is 0. The summed E-state index contributed by atoms with van der Waals surface area (Å²) in [6.45, 7) is 4.67. The number of carboxylic acid groups (broad SMARTS) is 1. The number of hydrogen-bond donors (Lipinski definition) is 1. The Hall–Kier alpha value is -2.95. The maximum absolute atomic E-state index is 11.5. The van der Waals surface area contributed by atoms with E-state index in [1.54, 1.807) is 23.0 Å². The SMILES string of the molecule is CCn1nncc1-c1cc(C(=O)O)cc(-c2ccc(C)cc2)c1. The molecule has 0 spiro atoms. The second kappa shape index (κ2) is 6.04. The average molecular weight is 307 g/mol. The number of aromatic nitrogens is 3. The number of hydrogen-bond acceptors (Lipinski definition) is 3. The molecule has 3 rings (SSSR count). The van der Waals surface area contributed by atoms with Crippen LogP contribution in [0.3, 0.4) is 0 Å². The van der Waals surface area contributed by atoms with Crippen LogP contribution in [-0.2, 0) is 6.54 Å². The number of aryl methyl sites for hydroxylation is 2. The van der Waals surface area contributed by atoms with Gasteiger partial charge < -0.3 is 5.11 Å². The lowest BCUT2D eigenvalue weighted by molar-refractivity contribution is 0.0697. The highest BCUT2D eigenvalue weighted by molar-refractivity contribution is 5.91. The van der Waals surface area contributed by atoms with Crippen molar-refractivity contribution in [2.24, 2.45) is 0 Å². The lowest BCUT2D eigenvalue weighted by Gasteiger charge is -2.09. The van der Waals surface area contributed by atoms with Crippen LogP contribution in [0.2, 0.25) is 0 Å². The molecule has 0 amide bonds. The zero-order valence-electron chi connectivity index (χ0n) is 13.0. The van der Waals surface area contributed by atoms with Crippen LogP contribution < -0.4 is 0 Å². The summed E-state index contributed by atoms with van der Waals surface area (Å²) in [5.41, 5.74) is 4.87. The van der Waals surface area contributed by atoms with Gasteiger partial charge in [0.2, 0.25) is 0 Å². The van der Waals surface area contributed by atoms with Crippen molar-refractivity contribution in [3.05, 3.63) is 59.8 Å². The summed E-state index contributed by atoms with van der Waals surface area (Å²) < 4.78 is 1.75. The molecule has 5 heteroatoms. The number of carbonyl (C=O) groups is 1. The van der Waals surface area contributed by atoms with Gasteiger partial charge in [0, 0.05) is 12.1 Å². The lowest BCUT2D eigenvalue weighted by atomic mass is 9.98. The van der Waals surface area contributed by atoms with Gasteiger partial charge in [-0.1, -0.05) is 35.0 Å². The minimum absolute atomic E-state index is 0.252. The zero-order chi connectivity index (χ0) is 16.4. The third kappa shape index (κ3) is 2.99. The van der Waals surface area contributed by atoms with E-state index in [2.05, 4.69) is 10.3 Å². The van der Waals surface area contributed by atoms with Crippen molar-refractivity contribution in [2.45, 2.75) is 20.4 Å². The number of benzene rings is 2. The Morgan fingerprint density at radius 2 is 1.78 bits per heavy atom. The Labute approximate surface area is 134 Å². The van der Waals surface area contributed by atoms with Crippen molar-refractivity contribution >= 4 is 5.97 Å². The van der Waals surface area contributed by atoms with E-state index in [9.17, 15) is 9.90 Å². The third-order valence-electron chi connectivity index (χ3n) is 3.78. The minimum Gasteiger partial charge on any atom is -0.478 e. The molecule has 1 aromatic heterocycles. The molecule has 0 saturated carbocycles. The Morgan fingerprint density at radius 3 is 2.43 bits per heavy atom. The summed E-state index contributed by atoms with van der Waals surface area (Å²) in [7, 11) is 0. The molecule has 23 heavy (non-hydrogen) atoms. The van der Waals surface area contributed by atoms with Gasteiger partial charge in [-0.05, 0) is 43.2 Å². The molecule has 0 bridgehead atoms. The Kier molecular flexibility index (Phi) is 3.93. The second-order valence-electron chi connectivity index (χ2n) is 5.41. The molecule has 0 aliphatic carbocycles. The topological polar surface area (TPSA) is 68.0 Å². The molecule has 5 nitrogen and oxygen atoms in total. The average Bonchev–Trinajstić information content (AvgIpc) is 3.03. The van der Waals surface area contributed by atoms with Crippen molar-refractivity contribution in [3.63, 3.8) is 0 Å². The van der Waals surface area contributed by atoms with Crippen LogP contribution in [-0.4, -0.2) is 26.1 Å². The smallest absolute Gasteiger partial charge is 0.335 e. The van der Waals surface area contributed by atoms with Gasteiger partial charge in [-0.3, -0.25) is 0 Å². The second-order valence-corrected chi connectivity index (χ2v) is 5.41. The van der Waals surface area contributed by atoms with Gasteiger partial charge >= 0.3 is 5.97 Å². The zero-order valence-corrected chi connectivity index (χ0v) is 13.0. The predicted molar refractivity (Wildman–Crippen MR) is 88.3 cm³/mol. The van der Waals surface area contributed by atoms with Crippen molar-refractivity contribution < 1.29 is 9.90 Å². The Morgan fingerprint density at radius 1 is 1.09 bits per heavy atom. The molecule has 0 fully saturated rings. The fourth-order valence-corrected chi connectivity index (χ4v) is 2.53. The van der Waals surface area contributed by atoms with E-state index in [1.165, 1.54) is 0 Å². The monoisotopic (exact) mass is 307 g/mol. The normalized spacial score (nSPS) is 10.7. The molecule has 1 N–H and O–H groups in total. The molecular formula is C18H17N3O2. The molecule has 0 aliphatic rings. The van der Waals surface area contributed by atoms with E-state index in [-0.39, 0.29) is 5.56 Å². The Bertz CT molecular complexity index is 851. The summed E-state index contributed by atoms with van der Waals surface area (Å²) in [6, 6.07) is 13.3. The highest BCUT2D eigenvalue weighted by atomic mass is 16.4. The van der Waals surface area contributed by atoms with E-state index in [1.807, 2.05) is 44.2 Å². The van der Waals surface area contributed by atoms with Gasteiger partial charge in [0.15, 0.2) is 0 Å². The van der Waals surface area contributed by atoms with Gasteiger partial charge in [0.25, 0.3) is 0 Å². The van der Waals surface area contributed by atoms with Crippen LogP contribution in [0.1, 0.15) is 22.8 Å². The van der Waals surface area contributed by atoms with Gasteiger partial charge in [-0.25, -0.2) is 9.48 Å². The standard InChI is InChI=1S/C18H17N3O2/c1-3-21-17(11-19-20-21)15-8-14(9-16(10-15)18(22)23)13-6-4-12(2)5-7-13/h4-11H,3H2,1-2H3,(H,22,23).